The quantitative estimate of drug-likeness (QED) is 0.320. The molecule has 0 bridgehead atoms. The Balaban J connectivity index is 1.69. The normalized spacial score (nSPS) is 15.7. The van der Waals surface area contributed by atoms with Crippen molar-refractivity contribution in [1.82, 2.24) is 4.90 Å². The summed E-state index contributed by atoms with van der Waals surface area (Å²) in [6.45, 7) is 2.83. The van der Waals surface area contributed by atoms with E-state index in [9.17, 15) is 27.2 Å². The van der Waals surface area contributed by atoms with E-state index in [-0.39, 0.29) is 6.54 Å². The van der Waals surface area contributed by atoms with Gasteiger partial charge in [-0.15, -0.1) is 0 Å². The highest BCUT2D eigenvalue weighted by atomic mass is 19.4. The molecule has 0 atom stereocenters. The monoisotopic (exact) mass is 472 g/mol. The van der Waals surface area contributed by atoms with Gasteiger partial charge in [-0.3, -0.25) is 4.79 Å². The number of rotatable bonds is 5. The first kappa shape index (κ1) is 23.3. The number of halogens is 4. The van der Waals surface area contributed by atoms with Gasteiger partial charge in [-0.2, -0.15) is 13.2 Å². The van der Waals surface area contributed by atoms with Crippen LogP contribution in [0.4, 0.5) is 28.0 Å². The maximum Gasteiger partial charge on any atom is 0.419 e. The molecule has 34 heavy (non-hydrogen) atoms. The molecule has 1 saturated heterocycles. The fourth-order valence-corrected chi connectivity index (χ4v) is 3.74. The number of anilines is 1. The number of benzene rings is 3. The molecule has 0 aliphatic carbocycles. The molecule has 0 radical (unpaired) electrons. The van der Waals surface area contributed by atoms with Gasteiger partial charge in [0.1, 0.15) is 17.0 Å². The summed E-state index contributed by atoms with van der Waals surface area (Å²) in [6.07, 6.45) is -4.98. The molecular weight excluding hydrogens is 452 g/mol. The number of carbonyl (C=O) groups is 2. The van der Waals surface area contributed by atoms with Crippen molar-refractivity contribution < 1.29 is 31.9 Å². The number of hydrogen-bond acceptors (Lipinski definition) is 3. The number of imide groups is 1. The lowest BCUT2D eigenvalue weighted by Gasteiger charge is -2.28. The largest absolute Gasteiger partial charge is 0.457 e. The highest BCUT2D eigenvalue weighted by Gasteiger charge is 2.53. The van der Waals surface area contributed by atoms with Crippen LogP contribution in [0.2, 0.25) is 0 Å². The highest BCUT2D eigenvalue weighted by Crippen LogP contribution is 2.40. The van der Waals surface area contributed by atoms with Crippen LogP contribution >= 0.6 is 0 Å². The van der Waals surface area contributed by atoms with Gasteiger partial charge in [0.25, 0.3) is 5.91 Å². The van der Waals surface area contributed by atoms with Gasteiger partial charge in [0.05, 0.1) is 17.8 Å². The van der Waals surface area contributed by atoms with Gasteiger partial charge in [-0.05, 0) is 44.2 Å². The van der Waals surface area contributed by atoms with Gasteiger partial charge in [-0.25, -0.2) is 14.1 Å². The molecule has 4 rings (SSSR count). The Morgan fingerprint density at radius 3 is 2.21 bits per heavy atom. The molecular formula is C25H20F4N2O3. The van der Waals surface area contributed by atoms with Gasteiger partial charge >= 0.3 is 12.2 Å². The molecule has 3 amide bonds. The van der Waals surface area contributed by atoms with Crippen LogP contribution in [-0.4, -0.2) is 22.4 Å². The molecule has 0 aromatic heterocycles. The Morgan fingerprint density at radius 2 is 1.53 bits per heavy atom. The van der Waals surface area contributed by atoms with E-state index in [1.165, 1.54) is 18.7 Å². The zero-order valence-electron chi connectivity index (χ0n) is 18.3. The molecule has 3 aromatic carbocycles. The summed E-state index contributed by atoms with van der Waals surface area (Å²) in [4.78, 5) is 28.0. The minimum Gasteiger partial charge on any atom is -0.457 e. The summed E-state index contributed by atoms with van der Waals surface area (Å²) in [5.74, 6) is -1.52. The predicted octanol–water partition coefficient (Wildman–Crippen LogP) is 6.38. The van der Waals surface area contributed by atoms with Gasteiger partial charge in [-0.1, -0.05) is 42.5 Å². The Labute approximate surface area is 193 Å². The zero-order valence-corrected chi connectivity index (χ0v) is 18.3. The van der Waals surface area contributed by atoms with Crippen LogP contribution in [0.25, 0.3) is 0 Å². The van der Waals surface area contributed by atoms with E-state index in [1.54, 1.807) is 48.5 Å². The zero-order chi connectivity index (χ0) is 24.7. The van der Waals surface area contributed by atoms with Gasteiger partial charge in [0.15, 0.2) is 5.82 Å². The maximum atomic E-state index is 14.8. The summed E-state index contributed by atoms with van der Waals surface area (Å²) in [6, 6.07) is 17.4. The lowest BCUT2D eigenvalue weighted by atomic mass is 10.0. The first-order valence-corrected chi connectivity index (χ1v) is 10.3. The maximum absolute atomic E-state index is 14.8. The molecule has 0 saturated carbocycles. The van der Waals surface area contributed by atoms with Crippen molar-refractivity contribution in [2.24, 2.45) is 0 Å². The van der Waals surface area contributed by atoms with Gasteiger partial charge in [0, 0.05) is 5.56 Å². The van der Waals surface area contributed by atoms with E-state index in [1.807, 2.05) is 6.07 Å². The Morgan fingerprint density at radius 1 is 0.882 bits per heavy atom. The second-order valence-electron chi connectivity index (χ2n) is 8.23. The van der Waals surface area contributed by atoms with Gasteiger partial charge in [0.2, 0.25) is 0 Å². The first-order chi connectivity index (χ1) is 16.0. The van der Waals surface area contributed by atoms with E-state index < -0.39 is 40.7 Å². The molecule has 1 aliphatic heterocycles. The van der Waals surface area contributed by atoms with Gasteiger partial charge < -0.3 is 9.64 Å². The van der Waals surface area contributed by atoms with Crippen LogP contribution in [0.15, 0.2) is 72.8 Å². The number of hydrogen-bond donors (Lipinski definition) is 0. The van der Waals surface area contributed by atoms with Crippen LogP contribution in [0.3, 0.4) is 0 Å². The van der Waals surface area contributed by atoms with E-state index in [0.29, 0.717) is 28.0 Å². The second-order valence-corrected chi connectivity index (χ2v) is 8.23. The van der Waals surface area contributed by atoms with Crippen molar-refractivity contribution in [3.63, 3.8) is 0 Å². The summed E-state index contributed by atoms with van der Waals surface area (Å²) < 4.78 is 60.3. The van der Waals surface area contributed by atoms with Crippen LogP contribution in [0, 0.1) is 5.82 Å². The van der Waals surface area contributed by atoms with E-state index >= 15 is 0 Å². The minimum atomic E-state index is -4.98. The van der Waals surface area contributed by atoms with Crippen LogP contribution in [-0.2, 0) is 17.5 Å². The van der Waals surface area contributed by atoms with Crippen molar-refractivity contribution >= 4 is 17.6 Å². The molecule has 9 heteroatoms. The van der Waals surface area contributed by atoms with Crippen molar-refractivity contribution in [3.8, 4) is 11.5 Å². The van der Waals surface area contributed by atoms with Crippen LogP contribution in [0.1, 0.15) is 25.0 Å². The fraction of sp³-hybridized carbons (Fsp3) is 0.200. The van der Waals surface area contributed by atoms with Crippen molar-refractivity contribution in [2.45, 2.75) is 32.1 Å². The SMILES string of the molecule is CC1(C)C(=O)N(c2cccc(C(F)(F)F)c2F)C(=O)N1Cc1ccccc1Oc1ccccc1. The molecule has 0 unspecified atom stereocenters. The second kappa shape index (κ2) is 8.48. The number of para-hydroxylation sites is 2. The third-order valence-corrected chi connectivity index (χ3v) is 5.62. The smallest absolute Gasteiger partial charge is 0.419 e. The van der Waals surface area contributed by atoms with Crippen molar-refractivity contribution in [3.05, 3.63) is 89.7 Å². The van der Waals surface area contributed by atoms with Crippen LogP contribution in [0.5, 0.6) is 11.5 Å². The minimum absolute atomic E-state index is 0.0857. The molecule has 1 fully saturated rings. The lowest BCUT2D eigenvalue weighted by molar-refractivity contribution is -0.140. The average molecular weight is 472 g/mol. The van der Waals surface area contributed by atoms with Crippen molar-refractivity contribution in [1.29, 1.82) is 0 Å². The number of ether oxygens (including phenoxy) is 1. The third-order valence-electron chi connectivity index (χ3n) is 5.62. The fourth-order valence-electron chi connectivity index (χ4n) is 3.74. The van der Waals surface area contributed by atoms with E-state index in [2.05, 4.69) is 0 Å². The summed E-state index contributed by atoms with van der Waals surface area (Å²) in [5, 5.41) is 0. The number of nitrogens with zero attached hydrogens (tertiary/aromatic N) is 2. The van der Waals surface area contributed by atoms with E-state index in [4.69, 9.17) is 4.74 Å². The Kier molecular flexibility index (Phi) is 5.80. The van der Waals surface area contributed by atoms with Crippen LogP contribution < -0.4 is 9.64 Å². The van der Waals surface area contributed by atoms with E-state index in [0.717, 1.165) is 12.1 Å². The van der Waals surface area contributed by atoms with Crippen molar-refractivity contribution in [2.75, 3.05) is 4.90 Å². The molecule has 3 aromatic rings. The first-order valence-electron chi connectivity index (χ1n) is 10.3. The molecule has 0 spiro atoms. The molecule has 1 heterocycles. The molecule has 176 valence electrons. The predicted molar refractivity (Wildman–Crippen MR) is 117 cm³/mol. The summed E-state index contributed by atoms with van der Waals surface area (Å²) in [5.41, 5.74) is -3.18. The molecule has 1 aliphatic rings. The number of carbonyl (C=O) groups excluding carboxylic acids is 2. The average Bonchev–Trinajstić information content (AvgIpc) is 2.94. The molecule has 5 nitrogen and oxygen atoms in total. The molecule has 0 N–H and O–H groups in total. The third kappa shape index (κ3) is 4.09. The highest BCUT2D eigenvalue weighted by molar-refractivity contribution is 6.23. The number of urea groups is 1. The number of amides is 3. The lowest BCUT2D eigenvalue weighted by Crippen LogP contribution is -2.43. The Hall–Kier alpha value is -3.88. The summed E-state index contributed by atoms with van der Waals surface area (Å²) in [7, 11) is 0. The standard InChI is InChI=1S/C25H20F4N2O3/c1-24(2)22(32)31(19-13-8-12-18(21(19)26)25(27,28)29)23(33)30(24)15-16-9-6-7-14-20(16)34-17-10-4-3-5-11-17/h3-14H,15H2,1-2H3. The topological polar surface area (TPSA) is 49.9 Å². The summed E-state index contributed by atoms with van der Waals surface area (Å²) >= 11 is 0. The number of alkyl halides is 3. The Bertz CT molecular complexity index is 1240.